The van der Waals surface area contributed by atoms with Crippen LogP contribution in [0, 0.1) is 5.92 Å². The molecule has 100 valence electrons. The first-order valence-electron chi connectivity index (χ1n) is 7.35. The highest BCUT2D eigenvalue weighted by Crippen LogP contribution is 2.27. The summed E-state index contributed by atoms with van der Waals surface area (Å²) in [5.41, 5.74) is 0. The SMILES string of the molecule is CC(CNC(C)C)CN1CCN(C2CC2)CC1. The van der Waals surface area contributed by atoms with E-state index >= 15 is 0 Å². The summed E-state index contributed by atoms with van der Waals surface area (Å²) in [6, 6.07) is 1.57. The van der Waals surface area contributed by atoms with Crippen molar-refractivity contribution in [1.82, 2.24) is 15.1 Å². The Morgan fingerprint density at radius 2 is 1.71 bits per heavy atom. The van der Waals surface area contributed by atoms with Crippen LogP contribution in [0.15, 0.2) is 0 Å². The van der Waals surface area contributed by atoms with Crippen LogP contribution < -0.4 is 5.32 Å². The number of hydrogen-bond acceptors (Lipinski definition) is 3. The van der Waals surface area contributed by atoms with E-state index in [0.29, 0.717) is 6.04 Å². The van der Waals surface area contributed by atoms with Crippen LogP contribution in [0.25, 0.3) is 0 Å². The van der Waals surface area contributed by atoms with Gasteiger partial charge < -0.3 is 10.2 Å². The molecule has 1 atom stereocenters. The molecular weight excluding hydrogens is 210 g/mol. The summed E-state index contributed by atoms with van der Waals surface area (Å²) in [7, 11) is 0. The summed E-state index contributed by atoms with van der Waals surface area (Å²) in [6.07, 6.45) is 2.91. The predicted molar refractivity (Wildman–Crippen MR) is 73.3 cm³/mol. The van der Waals surface area contributed by atoms with Crippen LogP contribution in [0.5, 0.6) is 0 Å². The standard InChI is InChI=1S/C14H29N3/c1-12(2)15-10-13(3)11-16-6-8-17(9-7-16)14-4-5-14/h12-15H,4-11H2,1-3H3. The number of nitrogens with one attached hydrogen (secondary N) is 1. The molecule has 0 bridgehead atoms. The fraction of sp³-hybridized carbons (Fsp3) is 1.00. The zero-order valence-electron chi connectivity index (χ0n) is 11.8. The summed E-state index contributed by atoms with van der Waals surface area (Å²) in [6.45, 7) is 14.4. The normalized spacial score (nSPS) is 25.4. The first-order valence-corrected chi connectivity index (χ1v) is 7.35. The summed E-state index contributed by atoms with van der Waals surface area (Å²) >= 11 is 0. The van der Waals surface area contributed by atoms with Crippen LogP contribution >= 0.6 is 0 Å². The molecule has 0 spiro atoms. The van der Waals surface area contributed by atoms with Gasteiger partial charge >= 0.3 is 0 Å². The molecule has 3 heteroatoms. The van der Waals surface area contributed by atoms with Crippen molar-refractivity contribution in [1.29, 1.82) is 0 Å². The minimum absolute atomic E-state index is 0.615. The van der Waals surface area contributed by atoms with Gasteiger partial charge in [-0.1, -0.05) is 20.8 Å². The van der Waals surface area contributed by atoms with Gasteiger partial charge in [-0.15, -0.1) is 0 Å². The predicted octanol–water partition coefficient (Wildman–Crippen LogP) is 1.40. The zero-order chi connectivity index (χ0) is 12.3. The maximum atomic E-state index is 3.53. The molecule has 17 heavy (non-hydrogen) atoms. The van der Waals surface area contributed by atoms with E-state index in [-0.39, 0.29) is 0 Å². The topological polar surface area (TPSA) is 18.5 Å². The minimum Gasteiger partial charge on any atom is -0.314 e. The fourth-order valence-corrected chi connectivity index (χ4v) is 2.69. The Balaban J connectivity index is 1.59. The van der Waals surface area contributed by atoms with Gasteiger partial charge in [-0.25, -0.2) is 0 Å². The van der Waals surface area contributed by atoms with Crippen LogP contribution in [0.2, 0.25) is 0 Å². The van der Waals surface area contributed by atoms with Crippen LogP contribution in [-0.4, -0.2) is 61.2 Å². The molecule has 0 aromatic carbocycles. The molecule has 1 aliphatic heterocycles. The van der Waals surface area contributed by atoms with Gasteiger partial charge in [-0.05, 0) is 25.3 Å². The second-order valence-electron chi connectivity index (χ2n) is 6.24. The third-order valence-corrected chi connectivity index (χ3v) is 3.91. The van der Waals surface area contributed by atoms with E-state index in [1.165, 1.54) is 45.6 Å². The van der Waals surface area contributed by atoms with Gasteiger partial charge in [0.25, 0.3) is 0 Å². The molecule has 0 amide bonds. The van der Waals surface area contributed by atoms with Gasteiger partial charge in [0.1, 0.15) is 0 Å². The molecule has 1 aliphatic carbocycles. The second-order valence-corrected chi connectivity index (χ2v) is 6.24. The van der Waals surface area contributed by atoms with Gasteiger partial charge in [0.05, 0.1) is 0 Å². The highest BCUT2D eigenvalue weighted by Gasteiger charge is 2.31. The Labute approximate surface area is 107 Å². The molecule has 3 nitrogen and oxygen atoms in total. The molecule has 1 unspecified atom stereocenters. The van der Waals surface area contributed by atoms with E-state index in [1.54, 1.807) is 0 Å². The molecular formula is C14H29N3. The van der Waals surface area contributed by atoms with Crippen LogP contribution in [0.1, 0.15) is 33.6 Å². The molecule has 1 saturated heterocycles. The largest absolute Gasteiger partial charge is 0.314 e. The zero-order valence-corrected chi connectivity index (χ0v) is 11.8. The number of piperazine rings is 1. The minimum atomic E-state index is 0.615. The molecule has 2 fully saturated rings. The van der Waals surface area contributed by atoms with E-state index in [1.807, 2.05) is 0 Å². The Morgan fingerprint density at radius 3 is 2.24 bits per heavy atom. The molecule has 1 heterocycles. The maximum Gasteiger partial charge on any atom is 0.0113 e. The van der Waals surface area contributed by atoms with E-state index in [9.17, 15) is 0 Å². The van der Waals surface area contributed by atoms with Crippen molar-refractivity contribution >= 4 is 0 Å². The van der Waals surface area contributed by atoms with Gasteiger partial charge in [-0.2, -0.15) is 0 Å². The number of hydrogen-bond donors (Lipinski definition) is 1. The molecule has 1 saturated carbocycles. The van der Waals surface area contributed by atoms with Crippen molar-refractivity contribution < 1.29 is 0 Å². The van der Waals surface area contributed by atoms with Gasteiger partial charge in [0, 0.05) is 44.8 Å². The second kappa shape index (κ2) is 6.17. The Kier molecular flexibility index (Phi) is 4.83. The fourth-order valence-electron chi connectivity index (χ4n) is 2.69. The van der Waals surface area contributed by atoms with E-state index in [2.05, 4.69) is 35.9 Å². The first-order chi connectivity index (χ1) is 8.15. The molecule has 1 N–H and O–H groups in total. The lowest BCUT2D eigenvalue weighted by Gasteiger charge is -2.36. The number of rotatable bonds is 6. The van der Waals surface area contributed by atoms with Crippen LogP contribution in [0.4, 0.5) is 0 Å². The highest BCUT2D eigenvalue weighted by molar-refractivity contribution is 4.87. The summed E-state index contributed by atoms with van der Waals surface area (Å²) in [5.74, 6) is 0.768. The van der Waals surface area contributed by atoms with Gasteiger partial charge in [0.15, 0.2) is 0 Å². The Hall–Kier alpha value is -0.120. The van der Waals surface area contributed by atoms with Crippen LogP contribution in [0.3, 0.4) is 0 Å². The lowest BCUT2D eigenvalue weighted by molar-refractivity contribution is 0.114. The monoisotopic (exact) mass is 239 g/mol. The molecule has 2 rings (SSSR count). The molecule has 0 aromatic heterocycles. The molecule has 0 aromatic rings. The number of nitrogens with zero attached hydrogens (tertiary/aromatic N) is 2. The summed E-state index contributed by atoms with van der Waals surface area (Å²) in [4.78, 5) is 5.33. The average Bonchev–Trinajstić information content (AvgIpc) is 3.11. The maximum absolute atomic E-state index is 3.53. The van der Waals surface area contributed by atoms with Crippen molar-refractivity contribution in [2.45, 2.75) is 45.7 Å². The third-order valence-electron chi connectivity index (χ3n) is 3.91. The van der Waals surface area contributed by atoms with Crippen molar-refractivity contribution in [3.8, 4) is 0 Å². The summed E-state index contributed by atoms with van der Waals surface area (Å²) in [5, 5.41) is 3.53. The quantitative estimate of drug-likeness (QED) is 0.756. The Bertz CT molecular complexity index is 218. The Morgan fingerprint density at radius 1 is 1.06 bits per heavy atom. The highest BCUT2D eigenvalue weighted by atomic mass is 15.3. The smallest absolute Gasteiger partial charge is 0.0113 e. The van der Waals surface area contributed by atoms with E-state index in [4.69, 9.17) is 0 Å². The average molecular weight is 239 g/mol. The lowest BCUT2D eigenvalue weighted by atomic mass is 10.1. The van der Waals surface area contributed by atoms with E-state index < -0.39 is 0 Å². The van der Waals surface area contributed by atoms with Crippen molar-refractivity contribution in [3.63, 3.8) is 0 Å². The summed E-state index contributed by atoms with van der Waals surface area (Å²) < 4.78 is 0. The third kappa shape index (κ3) is 4.57. The van der Waals surface area contributed by atoms with Crippen molar-refractivity contribution in [3.05, 3.63) is 0 Å². The lowest BCUT2D eigenvalue weighted by Crippen LogP contribution is -2.49. The first kappa shape index (κ1) is 13.3. The molecule has 0 radical (unpaired) electrons. The van der Waals surface area contributed by atoms with Gasteiger partial charge in [0.2, 0.25) is 0 Å². The van der Waals surface area contributed by atoms with Crippen molar-refractivity contribution in [2.75, 3.05) is 39.3 Å². The van der Waals surface area contributed by atoms with Gasteiger partial charge in [-0.3, -0.25) is 4.90 Å². The van der Waals surface area contributed by atoms with Crippen molar-refractivity contribution in [2.24, 2.45) is 5.92 Å². The van der Waals surface area contributed by atoms with Crippen LogP contribution in [-0.2, 0) is 0 Å². The molecule has 2 aliphatic rings. The van der Waals surface area contributed by atoms with E-state index in [0.717, 1.165) is 18.5 Å².